The fraction of sp³-hybridized carbons (Fsp3) is 1.00. The molecule has 1 heterocycles. The molecule has 1 rings (SSSR count). The molecule has 84 valence electrons. The van der Waals surface area contributed by atoms with E-state index in [1.165, 1.54) is 0 Å². The molecule has 1 aliphatic rings. The largest absolute Gasteiger partial charge is 0.375 e. The van der Waals surface area contributed by atoms with Crippen LogP contribution in [0.5, 0.6) is 0 Å². The highest BCUT2D eigenvalue weighted by Gasteiger charge is 2.36. The normalized spacial score (nSPS) is 40.1. The number of hydrogen-bond donors (Lipinski definition) is 2. The number of rotatable bonds is 4. The Morgan fingerprint density at radius 2 is 1.93 bits per heavy atom. The van der Waals surface area contributed by atoms with Gasteiger partial charge in [-0.1, -0.05) is 6.92 Å². The molecule has 4 unspecified atom stereocenters. The predicted octanol–water partition coefficient (Wildman–Crippen LogP) is 0.983. The number of nitrogens with two attached hydrogens (primary N) is 1. The Hall–Kier alpha value is -0.120. The third kappa shape index (κ3) is 2.69. The fourth-order valence-electron chi connectivity index (χ4n) is 2.11. The number of nitrogens with one attached hydrogen (secondary N) is 1. The van der Waals surface area contributed by atoms with Crippen molar-refractivity contribution in [1.82, 2.24) is 5.32 Å². The third-order valence-corrected chi connectivity index (χ3v) is 3.50. The average Bonchev–Trinajstić information content (AvgIpc) is 2.39. The van der Waals surface area contributed by atoms with Crippen LogP contribution in [-0.2, 0) is 4.74 Å². The first-order valence-corrected chi connectivity index (χ1v) is 5.65. The molecule has 1 aliphatic heterocycles. The lowest BCUT2D eigenvalue weighted by atomic mass is 9.89. The van der Waals surface area contributed by atoms with E-state index in [0.29, 0.717) is 36.6 Å². The summed E-state index contributed by atoms with van der Waals surface area (Å²) in [5, 5.41) is 3.45. The summed E-state index contributed by atoms with van der Waals surface area (Å²) in [6.45, 7) is 10.4. The van der Waals surface area contributed by atoms with Crippen molar-refractivity contribution in [2.45, 2.75) is 45.9 Å². The standard InChI is InChI=1S/C11H24N2O/c1-7(5-12)13-6-11-8(2)9(3)14-10(11)4/h7-11,13H,5-6,12H2,1-4H3/t7-,8?,9?,10?,11?/m1/s1. The molecule has 3 heteroatoms. The molecule has 14 heavy (non-hydrogen) atoms. The van der Waals surface area contributed by atoms with E-state index in [4.69, 9.17) is 10.5 Å². The van der Waals surface area contributed by atoms with Crippen molar-refractivity contribution in [3.8, 4) is 0 Å². The Morgan fingerprint density at radius 1 is 1.29 bits per heavy atom. The zero-order valence-corrected chi connectivity index (χ0v) is 9.79. The molecule has 0 aromatic rings. The van der Waals surface area contributed by atoms with Crippen LogP contribution in [0.25, 0.3) is 0 Å². The summed E-state index contributed by atoms with van der Waals surface area (Å²) in [4.78, 5) is 0. The molecule has 0 spiro atoms. The summed E-state index contributed by atoms with van der Waals surface area (Å²) >= 11 is 0. The van der Waals surface area contributed by atoms with Crippen LogP contribution in [0.4, 0.5) is 0 Å². The highest BCUT2D eigenvalue weighted by Crippen LogP contribution is 2.31. The van der Waals surface area contributed by atoms with Gasteiger partial charge in [0.05, 0.1) is 12.2 Å². The van der Waals surface area contributed by atoms with Crippen LogP contribution in [0, 0.1) is 11.8 Å². The minimum atomic E-state index is 0.373. The smallest absolute Gasteiger partial charge is 0.0594 e. The third-order valence-electron chi connectivity index (χ3n) is 3.50. The summed E-state index contributed by atoms with van der Waals surface area (Å²) in [7, 11) is 0. The summed E-state index contributed by atoms with van der Waals surface area (Å²) in [6, 6.07) is 0.408. The number of hydrogen-bond acceptors (Lipinski definition) is 3. The van der Waals surface area contributed by atoms with E-state index in [9.17, 15) is 0 Å². The molecule has 0 saturated carbocycles. The van der Waals surface area contributed by atoms with Gasteiger partial charge in [-0.3, -0.25) is 0 Å². The molecular formula is C11H24N2O. The minimum Gasteiger partial charge on any atom is -0.375 e. The molecule has 5 atom stereocenters. The monoisotopic (exact) mass is 200 g/mol. The minimum absolute atomic E-state index is 0.373. The summed E-state index contributed by atoms with van der Waals surface area (Å²) in [5.41, 5.74) is 5.56. The molecule has 0 bridgehead atoms. The SMILES string of the molecule is CC1OC(C)C(CN[C@H](C)CN)C1C. The van der Waals surface area contributed by atoms with Crippen molar-refractivity contribution in [3.63, 3.8) is 0 Å². The average molecular weight is 200 g/mol. The number of ether oxygens (including phenoxy) is 1. The Labute approximate surface area is 87.4 Å². The topological polar surface area (TPSA) is 47.3 Å². The van der Waals surface area contributed by atoms with Crippen LogP contribution in [-0.4, -0.2) is 31.3 Å². The Morgan fingerprint density at radius 3 is 2.36 bits per heavy atom. The highest BCUT2D eigenvalue weighted by molar-refractivity contribution is 4.85. The van der Waals surface area contributed by atoms with Gasteiger partial charge >= 0.3 is 0 Å². The Kier molecular flexibility index (Phi) is 4.35. The lowest BCUT2D eigenvalue weighted by Gasteiger charge is -2.21. The van der Waals surface area contributed by atoms with Crippen molar-refractivity contribution in [2.24, 2.45) is 17.6 Å². The van der Waals surface area contributed by atoms with E-state index in [-0.39, 0.29) is 0 Å². The lowest BCUT2D eigenvalue weighted by Crippen LogP contribution is -2.39. The summed E-state index contributed by atoms with van der Waals surface area (Å²) in [5.74, 6) is 1.27. The van der Waals surface area contributed by atoms with E-state index in [1.54, 1.807) is 0 Å². The molecule has 3 N–H and O–H groups in total. The zero-order valence-electron chi connectivity index (χ0n) is 9.79. The molecule has 1 saturated heterocycles. The van der Waals surface area contributed by atoms with Gasteiger partial charge in [-0.05, 0) is 26.7 Å². The second-order valence-electron chi connectivity index (χ2n) is 4.61. The summed E-state index contributed by atoms with van der Waals surface area (Å²) in [6.07, 6.45) is 0.766. The van der Waals surface area contributed by atoms with Crippen LogP contribution in [0.15, 0.2) is 0 Å². The lowest BCUT2D eigenvalue weighted by molar-refractivity contribution is 0.0510. The molecule has 3 nitrogen and oxygen atoms in total. The van der Waals surface area contributed by atoms with Crippen LogP contribution in [0.2, 0.25) is 0 Å². The van der Waals surface area contributed by atoms with Gasteiger partial charge in [-0.15, -0.1) is 0 Å². The van der Waals surface area contributed by atoms with Gasteiger partial charge in [0.15, 0.2) is 0 Å². The van der Waals surface area contributed by atoms with Crippen molar-refractivity contribution in [1.29, 1.82) is 0 Å². The van der Waals surface area contributed by atoms with Gasteiger partial charge in [-0.25, -0.2) is 0 Å². The molecular weight excluding hydrogens is 176 g/mol. The first kappa shape index (κ1) is 12.0. The van der Waals surface area contributed by atoms with Gasteiger partial charge in [0.25, 0.3) is 0 Å². The predicted molar refractivity (Wildman–Crippen MR) is 59.2 cm³/mol. The quantitative estimate of drug-likeness (QED) is 0.711. The maximum Gasteiger partial charge on any atom is 0.0594 e. The van der Waals surface area contributed by atoms with Crippen LogP contribution < -0.4 is 11.1 Å². The Balaban J connectivity index is 2.36. The molecule has 0 amide bonds. The molecule has 0 aliphatic carbocycles. The first-order chi connectivity index (χ1) is 6.56. The van der Waals surface area contributed by atoms with Gasteiger partial charge in [0.1, 0.15) is 0 Å². The van der Waals surface area contributed by atoms with Crippen molar-refractivity contribution in [2.75, 3.05) is 13.1 Å². The zero-order chi connectivity index (χ0) is 10.7. The second kappa shape index (κ2) is 5.10. The maximum atomic E-state index is 5.78. The van der Waals surface area contributed by atoms with E-state index >= 15 is 0 Å². The van der Waals surface area contributed by atoms with Gasteiger partial charge in [0, 0.05) is 25.0 Å². The molecule has 1 fully saturated rings. The van der Waals surface area contributed by atoms with Crippen molar-refractivity contribution < 1.29 is 4.74 Å². The van der Waals surface area contributed by atoms with Crippen LogP contribution in [0.3, 0.4) is 0 Å². The fourth-order valence-corrected chi connectivity index (χ4v) is 2.11. The van der Waals surface area contributed by atoms with Crippen molar-refractivity contribution >= 4 is 0 Å². The van der Waals surface area contributed by atoms with E-state index in [1.807, 2.05) is 0 Å². The van der Waals surface area contributed by atoms with Crippen molar-refractivity contribution in [3.05, 3.63) is 0 Å². The maximum absolute atomic E-state index is 5.78. The molecule has 0 aromatic carbocycles. The summed E-state index contributed by atoms with van der Waals surface area (Å²) < 4.78 is 5.78. The van der Waals surface area contributed by atoms with E-state index in [0.717, 1.165) is 6.54 Å². The second-order valence-corrected chi connectivity index (χ2v) is 4.61. The first-order valence-electron chi connectivity index (χ1n) is 5.65. The van der Waals surface area contributed by atoms with Gasteiger partial charge in [0.2, 0.25) is 0 Å². The van der Waals surface area contributed by atoms with Gasteiger partial charge < -0.3 is 15.8 Å². The molecule has 0 radical (unpaired) electrons. The van der Waals surface area contributed by atoms with Crippen LogP contribution in [0.1, 0.15) is 27.7 Å². The Bertz CT molecular complexity index is 175. The van der Waals surface area contributed by atoms with Crippen LogP contribution >= 0.6 is 0 Å². The van der Waals surface area contributed by atoms with Gasteiger partial charge in [-0.2, -0.15) is 0 Å². The van der Waals surface area contributed by atoms with E-state index in [2.05, 4.69) is 33.0 Å². The van der Waals surface area contributed by atoms with E-state index < -0.39 is 0 Å². The molecule has 0 aromatic heterocycles. The highest BCUT2D eigenvalue weighted by atomic mass is 16.5.